The van der Waals surface area contributed by atoms with Crippen molar-refractivity contribution >= 4 is 5.69 Å². The zero-order chi connectivity index (χ0) is 11.2. The van der Waals surface area contributed by atoms with Gasteiger partial charge in [-0.1, -0.05) is 48.5 Å². The van der Waals surface area contributed by atoms with Crippen molar-refractivity contribution in [3.8, 4) is 0 Å². The molecule has 0 spiro atoms. The number of para-hydroxylation sites is 1. The first-order valence-electron chi connectivity index (χ1n) is 5.23. The molecule has 3 heteroatoms. The fourth-order valence-electron chi connectivity index (χ4n) is 1.43. The Morgan fingerprint density at radius 2 is 1.38 bits per heavy atom. The summed E-state index contributed by atoms with van der Waals surface area (Å²) in [6.45, 7) is 0. The topological polar surface area (TPSA) is 50.1 Å². The van der Waals surface area contributed by atoms with Gasteiger partial charge in [0.05, 0.1) is 6.17 Å². The van der Waals surface area contributed by atoms with E-state index >= 15 is 0 Å². The van der Waals surface area contributed by atoms with Crippen LogP contribution in [0.25, 0.3) is 0 Å². The first-order valence-corrected chi connectivity index (χ1v) is 5.23. The van der Waals surface area contributed by atoms with Crippen LogP contribution in [0.5, 0.6) is 0 Å². The quantitative estimate of drug-likeness (QED) is 0.539. The summed E-state index contributed by atoms with van der Waals surface area (Å²) < 4.78 is 0. The van der Waals surface area contributed by atoms with Crippen LogP contribution in [0, 0.1) is 0 Å². The molecule has 1 atom stereocenters. The van der Waals surface area contributed by atoms with E-state index in [2.05, 4.69) is 10.9 Å². The number of benzene rings is 2. The molecule has 16 heavy (non-hydrogen) atoms. The molecule has 0 aliphatic carbocycles. The molecule has 0 amide bonds. The van der Waals surface area contributed by atoms with Crippen LogP contribution in [0.3, 0.4) is 0 Å². The maximum atomic E-state index is 5.97. The van der Waals surface area contributed by atoms with E-state index in [1.165, 1.54) is 0 Å². The molecule has 2 aromatic carbocycles. The van der Waals surface area contributed by atoms with Crippen LogP contribution >= 0.6 is 0 Å². The second-order valence-electron chi connectivity index (χ2n) is 3.52. The number of hydrogen-bond donors (Lipinski definition) is 3. The first kappa shape index (κ1) is 10.7. The predicted molar refractivity (Wildman–Crippen MR) is 66.6 cm³/mol. The molecule has 1 unspecified atom stereocenters. The molecule has 2 rings (SSSR count). The van der Waals surface area contributed by atoms with Crippen LogP contribution < -0.4 is 16.6 Å². The molecule has 3 nitrogen and oxygen atoms in total. The van der Waals surface area contributed by atoms with Gasteiger partial charge < -0.3 is 11.2 Å². The van der Waals surface area contributed by atoms with Crippen molar-refractivity contribution in [2.75, 3.05) is 5.43 Å². The number of rotatable bonds is 4. The van der Waals surface area contributed by atoms with Gasteiger partial charge in [0.1, 0.15) is 0 Å². The molecule has 0 aliphatic heterocycles. The third kappa shape index (κ3) is 2.82. The Hall–Kier alpha value is -1.84. The highest BCUT2D eigenvalue weighted by Gasteiger charge is 2.02. The normalized spacial score (nSPS) is 12.1. The van der Waals surface area contributed by atoms with Crippen LogP contribution in [0.1, 0.15) is 11.7 Å². The third-order valence-corrected chi connectivity index (χ3v) is 2.30. The monoisotopic (exact) mass is 213 g/mol. The summed E-state index contributed by atoms with van der Waals surface area (Å²) in [6.07, 6.45) is -0.221. The summed E-state index contributed by atoms with van der Waals surface area (Å²) in [5.41, 5.74) is 14.1. The number of anilines is 1. The third-order valence-electron chi connectivity index (χ3n) is 2.30. The van der Waals surface area contributed by atoms with Crippen LogP contribution in [-0.2, 0) is 0 Å². The van der Waals surface area contributed by atoms with Crippen LogP contribution in [0.2, 0.25) is 0 Å². The molecule has 82 valence electrons. The molecule has 0 bridgehead atoms. The standard InChI is InChI=1S/C13H15N3/c14-13(11-7-3-1-4-8-11)16-15-12-9-5-2-6-10-12/h1-10,13,15-16H,14H2. The van der Waals surface area contributed by atoms with E-state index < -0.39 is 0 Å². The minimum absolute atomic E-state index is 0.221. The van der Waals surface area contributed by atoms with Gasteiger partial charge in [-0.15, -0.1) is 0 Å². The lowest BCUT2D eigenvalue weighted by Crippen LogP contribution is -2.33. The number of nitrogens with two attached hydrogens (primary N) is 1. The lowest BCUT2D eigenvalue weighted by molar-refractivity contribution is 0.615. The van der Waals surface area contributed by atoms with Gasteiger partial charge >= 0.3 is 0 Å². The van der Waals surface area contributed by atoms with Crippen molar-refractivity contribution < 1.29 is 0 Å². The Kier molecular flexibility index (Phi) is 3.53. The summed E-state index contributed by atoms with van der Waals surface area (Å²) in [7, 11) is 0. The Balaban J connectivity index is 1.92. The Labute approximate surface area is 95.3 Å². The van der Waals surface area contributed by atoms with Gasteiger partial charge in [-0.2, -0.15) is 0 Å². The van der Waals surface area contributed by atoms with Gasteiger partial charge in [0.25, 0.3) is 0 Å². The smallest absolute Gasteiger partial charge is 0.0982 e. The summed E-state index contributed by atoms with van der Waals surface area (Å²) in [4.78, 5) is 0. The second-order valence-corrected chi connectivity index (χ2v) is 3.52. The molecule has 0 saturated carbocycles. The SMILES string of the molecule is NC(NNc1ccccc1)c1ccccc1. The van der Waals surface area contributed by atoms with Crippen molar-refractivity contribution in [1.29, 1.82) is 0 Å². The van der Waals surface area contributed by atoms with E-state index in [4.69, 9.17) is 5.73 Å². The zero-order valence-corrected chi connectivity index (χ0v) is 8.93. The van der Waals surface area contributed by atoms with Crippen molar-refractivity contribution in [3.63, 3.8) is 0 Å². The van der Waals surface area contributed by atoms with Crippen LogP contribution in [0.4, 0.5) is 5.69 Å². The molecule has 0 fully saturated rings. The maximum absolute atomic E-state index is 5.97. The summed E-state index contributed by atoms with van der Waals surface area (Å²) in [5.74, 6) is 0. The van der Waals surface area contributed by atoms with E-state index in [0.29, 0.717) is 0 Å². The lowest BCUT2D eigenvalue weighted by atomic mass is 10.2. The molecule has 4 N–H and O–H groups in total. The molecule has 0 aromatic heterocycles. The van der Waals surface area contributed by atoms with Crippen LogP contribution in [0.15, 0.2) is 60.7 Å². The number of nitrogens with one attached hydrogen (secondary N) is 2. The van der Waals surface area contributed by atoms with E-state index in [9.17, 15) is 0 Å². The highest BCUT2D eigenvalue weighted by molar-refractivity contribution is 5.41. The van der Waals surface area contributed by atoms with E-state index in [1.54, 1.807) is 0 Å². The minimum atomic E-state index is -0.221. The summed E-state index contributed by atoms with van der Waals surface area (Å²) in [6, 6.07) is 19.8. The fraction of sp³-hybridized carbons (Fsp3) is 0.0769. The minimum Gasteiger partial charge on any atom is -0.320 e. The number of hydrogen-bond acceptors (Lipinski definition) is 3. The number of hydrazine groups is 1. The zero-order valence-electron chi connectivity index (χ0n) is 8.93. The molecular formula is C13H15N3. The van der Waals surface area contributed by atoms with E-state index in [0.717, 1.165) is 11.3 Å². The van der Waals surface area contributed by atoms with Gasteiger partial charge in [-0.05, 0) is 17.7 Å². The van der Waals surface area contributed by atoms with Crippen molar-refractivity contribution in [2.24, 2.45) is 5.73 Å². The Bertz CT molecular complexity index is 414. The molecular weight excluding hydrogens is 198 g/mol. The highest BCUT2D eigenvalue weighted by atomic mass is 15.4. The summed E-state index contributed by atoms with van der Waals surface area (Å²) >= 11 is 0. The van der Waals surface area contributed by atoms with Crippen molar-refractivity contribution in [2.45, 2.75) is 6.17 Å². The van der Waals surface area contributed by atoms with Crippen molar-refractivity contribution in [1.82, 2.24) is 5.43 Å². The molecule has 2 aromatic rings. The van der Waals surface area contributed by atoms with Gasteiger partial charge in [0.2, 0.25) is 0 Å². The predicted octanol–water partition coefficient (Wildman–Crippen LogP) is 2.26. The van der Waals surface area contributed by atoms with Crippen LogP contribution in [-0.4, -0.2) is 0 Å². The largest absolute Gasteiger partial charge is 0.320 e. The summed E-state index contributed by atoms with van der Waals surface area (Å²) in [5, 5.41) is 0. The average molecular weight is 213 g/mol. The van der Waals surface area contributed by atoms with Gasteiger partial charge in [-0.3, -0.25) is 0 Å². The molecule has 0 saturated heterocycles. The second kappa shape index (κ2) is 5.30. The van der Waals surface area contributed by atoms with Gasteiger partial charge in [-0.25, -0.2) is 5.43 Å². The Morgan fingerprint density at radius 3 is 2.00 bits per heavy atom. The molecule has 0 radical (unpaired) electrons. The van der Waals surface area contributed by atoms with Gasteiger partial charge in [0.15, 0.2) is 0 Å². The average Bonchev–Trinajstić information content (AvgIpc) is 2.38. The van der Waals surface area contributed by atoms with Gasteiger partial charge in [0, 0.05) is 5.69 Å². The molecule has 0 aliphatic rings. The molecule has 0 heterocycles. The van der Waals surface area contributed by atoms with Crippen molar-refractivity contribution in [3.05, 3.63) is 66.2 Å². The first-order chi connectivity index (χ1) is 7.86. The lowest BCUT2D eigenvalue weighted by Gasteiger charge is -2.15. The fourth-order valence-corrected chi connectivity index (χ4v) is 1.43. The Morgan fingerprint density at radius 1 is 0.812 bits per heavy atom. The maximum Gasteiger partial charge on any atom is 0.0982 e. The highest BCUT2D eigenvalue weighted by Crippen LogP contribution is 2.08. The van der Waals surface area contributed by atoms with E-state index in [-0.39, 0.29) is 6.17 Å². The van der Waals surface area contributed by atoms with E-state index in [1.807, 2.05) is 60.7 Å².